The largest absolute Gasteiger partial charge is 0.353 e. The molecule has 9 heteroatoms. The van der Waals surface area contributed by atoms with Crippen LogP contribution in [-0.2, 0) is 10.0 Å². The van der Waals surface area contributed by atoms with Gasteiger partial charge in [0.2, 0.25) is 10.0 Å². The normalized spacial score (nSPS) is 15.4. The first kappa shape index (κ1) is 19.6. The standard InChI is InChI=1S/C20H19ClN4O3S/c21-16-6-8-17(9-7-16)25-20(26)11-10-19(22-25)23-12-14-24(15-13-23)29(27,28)18-4-2-1-3-5-18/h1-11H,12-15H2. The van der Waals surface area contributed by atoms with Crippen LogP contribution in [0.5, 0.6) is 0 Å². The molecule has 0 saturated carbocycles. The third-order valence-corrected chi connectivity index (χ3v) is 6.97. The molecule has 0 amide bonds. The molecule has 4 rings (SSSR count). The minimum Gasteiger partial charge on any atom is -0.353 e. The van der Waals surface area contributed by atoms with Crippen molar-refractivity contribution in [2.45, 2.75) is 4.90 Å². The molecular formula is C20H19ClN4O3S. The SMILES string of the molecule is O=c1ccc(N2CCN(S(=O)(=O)c3ccccc3)CC2)nn1-c1ccc(Cl)cc1. The summed E-state index contributed by atoms with van der Waals surface area (Å²) in [7, 11) is -3.51. The number of aromatic nitrogens is 2. The molecular weight excluding hydrogens is 412 g/mol. The van der Waals surface area contributed by atoms with Crippen LogP contribution in [0.2, 0.25) is 5.02 Å². The fraction of sp³-hybridized carbons (Fsp3) is 0.200. The molecule has 1 aromatic heterocycles. The molecule has 150 valence electrons. The maximum Gasteiger partial charge on any atom is 0.271 e. The van der Waals surface area contributed by atoms with Gasteiger partial charge in [0.15, 0.2) is 0 Å². The molecule has 7 nitrogen and oxygen atoms in total. The Kier molecular flexibility index (Phi) is 5.40. The number of anilines is 1. The van der Waals surface area contributed by atoms with Crippen molar-refractivity contribution in [2.75, 3.05) is 31.1 Å². The molecule has 0 atom stereocenters. The van der Waals surface area contributed by atoms with E-state index in [0.717, 1.165) is 0 Å². The predicted molar refractivity (Wildman–Crippen MR) is 112 cm³/mol. The van der Waals surface area contributed by atoms with Crippen molar-refractivity contribution in [2.24, 2.45) is 0 Å². The van der Waals surface area contributed by atoms with Gasteiger partial charge < -0.3 is 4.90 Å². The van der Waals surface area contributed by atoms with E-state index in [0.29, 0.717) is 47.6 Å². The molecule has 0 radical (unpaired) electrons. The zero-order valence-corrected chi connectivity index (χ0v) is 17.1. The lowest BCUT2D eigenvalue weighted by atomic mass is 10.3. The van der Waals surface area contributed by atoms with Crippen LogP contribution in [0.15, 0.2) is 76.4 Å². The van der Waals surface area contributed by atoms with E-state index in [-0.39, 0.29) is 5.56 Å². The molecule has 0 unspecified atom stereocenters. The van der Waals surface area contributed by atoms with Gasteiger partial charge in [0.05, 0.1) is 10.6 Å². The number of benzene rings is 2. The summed E-state index contributed by atoms with van der Waals surface area (Å²) in [5.41, 5.74) is 0.368. The summed E-state index contributed by atoms with van der Waals surface area (Å²) in [6, 6.07) is 18.4. The van der Waals surface area contributed by atoms with Gasteiger partial charge in [-0.3, -0.25) is 4.79 Å². The lowest BCUT2D eigenvalue weighted by Gasteiger charge is -2.34. The number of sulfonamides is 1. The van der Waals surface area contributed by atoms with Crippen LogP contribution < -0.4 is 10.5 Å². The first-order valence-corrected chi connectivity index (χ1v) is 10.9. The third-order valence-electron chi connectivity index (χ3n) is 4.80. The van der Waals surface area contributed by atoms with Crippen molar-refractivity contribution in [3.05, 3.63) is 82.1 Å². The molecule has 0 bridgehead atoms. The minimum absolute atomic E-state index is 0.249. The highest BCUT2D eigenvalue weighted by Crippen LogP contribution is 2.20. The molecule has 1 aliphatic heterocycles. The molecule has 1 aliphatic rings. The second-order valence-corrected chi connectivity index (χ2v) is 9.00. The summed E-state index contributed by atoms with van der Waals surface area (Å²) in [6.07, 6.45) is 0. The number of hydrogen-bond acceptors (Lipinski definition) is 5. The molecule has 2 heterocycles. The highest BCUT2D eigenvalue weighted by atomic mass is 35.5. The lowest BCUT2D eigenvalue weighted by Crippen LogP contribution is -2.49. The summed E-state index contributed by atoms with van der Waals surface area (Å²) >= 11 is 5.92. The summed E-state index contributed by atoms with van der Waals surface area (Å²) in [4.78, 5) is 14.5. The lowest BCUT2D eigenvalue weighted by molar-refractivity contribution is 0.383. The quantitative estimate of drug-likeness (QED) is 0.635. The van der Waals surface area contributed by atoms with E-state index in [1.54, 1.807) is 60.7 Å². The predicted octanol–water partition coefficient (Wildman–Crippen LogP) is 2.40. The van der Waals surface area contributed by atoms with E-state index >= 15 is 0 Å². The molecule has 0 spiro atoms. The first-order valence-electron chi connectivity index (χ1n) is 9.12. The fourth-order valence-corrected chi connectivity index (χ4v) is 4.81. The van der Waals surface area contributed by atoms with E-state index in [2.05, 4.69) is 5.10 Å². The highest BCUT2D eigenvalue weighted by Gasteiger charge is 2.28. The van der Waals surface area contributed by atoms with Gasteiger partial charge >= 0.3 is 0 Å². The molecule has 0 N–H and O–H groups in total. The Morgan fingerprint density at radius 2 is 1.48 bits per heavy atom. The van der Waals surface area contributed by atoms with Crippen molar-refractivity contribution in [1.29, 1.82) is 0 Å². The smallest absolute Gasteiger partial charge is 0.271 e. The first-order chi connectivity index (χ1) is 13.9. The van der Waals surface area contributed by atoms with Gasteiger partial charge in [0.1, 0.15) is 5.82 Å². The summed E-state index contributed by atoms with van der Waals surface area (Å²) in [5.74, 6) is 0.622. The maximum absolute atomic E-state index is 12.8. The van der Waals surface area contributed by atoms with Gasteiger partial charge in [-0.25, -0.2) is 8.42 Å². The summed E-state index contributed by atoms with van der Waals surface area (Å²) in [6.45, 7) is 1.66. The second-order valence-electron chi connectivity index (χ2n) is 6.62. The average Bonchev–Trinajstić information content (AvgIpc) is 2.75. The topological polar surface area (TPSA) is 75.5 Å². The Labute approximate surface area is 173 Å². The molecule has 29 heavy (non-hydrogen) atoms. The molecule has 1 fully saturated rings. The number of halogens is 1. The Morgan fingerprint density at radius 3 is 2.14 bits per heavy atom. The Morgan fingerprint density at radius 1 is 0.828 bits per heavy atom. The number of piperazine rings is 1. The van der Waals surface area contributed by atoms with Crippen LogP contribution in [0.4, 0.5) is 5.82 Å². The number of hydrogen-bond donors (Lipinski definition) is 0. The molecule has 2 aromatic carbocycles. The van der Waals surface area contributed by atoms with Crippen LogP contribution in [-0.4, -0.2) is 48.7 Å². The van der Waals surface area contributed by atoms with Crippen LogP contribution in [0, 0.1) is 0 Å². The van der Waals surface area contributed by atoms with Gasteiger partial charge in [0.25, 0.3) is 5.56 Å². The van der Waals surface area contributed by atoms with E-state index in [4.69, 9.17) is 11.6 Å². The third kappa shape index (κ3) is 4.05. The Bertz CT molecular complexity index is 1160. The second kappa shape index (κ2) is 7.98. The van der Waals surface area contributed by atoms with Crippen molar-refractivity contribution in [3.8, 4) is 5.69 Å². The molecule has 3 aromatic rings. The van der Waals surface area contributed by atoms with E-state index in [9.17, 15) is 13.2 Å². The van der Waals surface area contributed by atoms with Crippen molar-refractivity contribution in [1.82, 2.24) is 14.1 Å². The van der Waals surface area contributed by atoms with E-state index < -0.39 is 10.0 Å². The van der Waals surface area contributed by atoms with Crippen molar-refractivity contribution in [3.63, 3.8) is 0 Å². The number of nitrogens with zero attached hydrogens (tertiary/aromatic N) is 4. The van der Waals surface area contributed by atoms with Gasteiger partial charge in [0, 0.05) is 37.3 Å². The zero-order valence-electron chi connectivity index (χ0n) is 15.5. The van der Waals surface area contributed by atoms with Gasteiger partial charge in [-0.15, -0.1) is 5.10 Å². The molecule has 1 saturated heterocycles. The summed E-state index contributed by atoms with van der Waals surface area (Å²) < 4.78 is 28.4. The van der Waals surface area contributed by atoms with Crippen molar-refractivity contribution < 1.29 is 8.42 Å². The van der Waals surface area contributed by atoms with Crippen LogP contribution in [0.1, 0.15) is 0 Å². The molecule has 0 aliphatic carbocycles. The highest BCUT2D eigenvalue weighted by molar-refractivity contribution is 7.89. The van der Waals surface area contributed by atoms with Gasteiger partial charge in [-0.05, 0) is 42.5 Å². The van der Waals surface area contributed by atoms with E-state index in [1.165, 1.54) is 15.1 Å². The van der Waals surface area contributed by atoms with Crippen LogP contribution in [0.25, 0.3) is 5.69 Å². The average molecular weight is 431 g/mol. The monoisotopic (exact) mass is 430 g/mol. The van der Waals surface area contributed by atoms with Crippen LogP contribution >= 0.6 is 11.6 Å². The van der Waals surface area contributed by atoms with Gasteiger partial charge in [-0.1, -0.05) is 29.8 Å². The number of rotatable bonds is 4. The summed E-state index contributed by atoms with van der Waals surface area (Å²) in [5, 5.41) is 5.04. The Balaban J connectivity index is 1.53. The zero-order chi connectivity index (χ0) is 20.4. The minimum atomic E-state index is -3.51. The maximum atomic E-state index is 12.8. The Hall–Kier alpha value is -2.68. The van der Waals surface area contributed by atoms with Gasteiger partial charge in [-0.2, -0.15) is 8.99 Å². The van der Waals surface area contributed by atoms with Crippen molar-refractivity contribution >= 4 is 27.4 Å². The van der Waals surface area contributed by atoms with E-state index in [1.807, 2.05) is 4.90 Å². The fourth-order valence-electron chi connectivity index (χ4n) is 3.24. The van der Waals surface area contributed by atoms with Crippen LogP contribution in [0.3, 0.4) is 0 Å².